The highest BCUT2D eigenvalue weighted by atomic mass is 32.1. The van der Waals surface area contributed by atoms with Gasteiger partial charge in [-0.2, -0.15) is 0 Å². The number of thiocarbonyl (C=S) groups is 1. The van der Waals surface area contributed by atoms with E-state index in [0.29, 0.717) is 18.3 Å². The van der Waals surface area contributed by atoms with E-state index in [0.717, 1.165) is 5.56 Å². The van der Waals surface area contributed by atoms with Crippen LogP contribution in [-0.4, -0.2) is 25.4 Å². The van der Waals surface area contributed by atoms with Crippen molar-refractivity contribution in [3.63, 3.8) is 0 Å². The molecule has 0 aromatic heterocycles. The second kappa shape index (κ2) is 7.19. The summed E-state index contributed by atoms with van der Waals surface area (Å²) >= 11 is 5.12. The molecule has 17 heavy (non-hydrogen) atoms. The zero-order valence-corrected chi connectivity index (χ0v) is 10.8. The van der Waals surface area contributed by atoms with Gasteiger partial charge in [0.05, 0.1) is 12.6 Å². The maximum absolute atomic E-state index is 12.7. The second-order valence-electron chi connectivity index (χ2n) is 3.67. The predicted molar refractivity (Wildman–Crippen MR) is 70.4 cm³/mol. The van der Waals surface area contributed by atoms with E-state index in [9.17, 15) is 4.39 Å². The lowest BCUT2D eigenvalue weighted by molar-refractivity contribution is 0.204. The zero-order valence-electron chi connectivity index (χ0n) is 10.00. The first kappa shape index (κ1) is 13.9. The van der Waals surface area contributed by atoms with Gasteiger partial charge >= 0.3 is 0 Å². The standard InChI is InChI=1S/C12H17FN2OS/c1-9(10-3-5-11(13)6-4-10)15-12(17)14-7-8-16-2/h3-6,9H,7-8H2,1-2H3,(H2,14,15,17)/t9-/m0/s1. The lowest BCUT2D eigenvalue weighted by atomic mass is 10.1. The van der Waals surface area contributed by atoms with Crippen LogP contribution >= 0.6 is 12.2 Å². The Bertz CT molecular complexity index is 356. The molecule has 0 aliphatic rings. The monoisotopic (exact) mass is 256 g/mol. The summed E-state index contributed by atoms with van der Waals surface area (Å²) in [6.45, 7) is 3.24. The molecule has 0 bridgehead atoms. The highest BCUT2D eigenvalue weighted by Gasteiger charge is 2.06. The number of hydrogen-bond donors (Lipinski definition) is 2. The molecule has 0 spiro atoms. The SMILES string of the molecule is COCCNC(=S)N[C@@H](C)c1ccc(F)cc1. The molecule has 94 valence electrons. The maximum atomic E-state index is 12.7. The summed E-state index contributed by atoms with van der Waals surface area (Å²) in [5.41, 5.74) is 0.988. The Morgan fingerprint density at radius 2 is 2.06 bits per heavy atom. The highest BCUT2D eigenvalue weighted by molar-refractivity contribution is 7.80. The van der Waals surface area contributed by atoms with Crippen LogP contribution in [0.2, 0.25) is 0 Å². The van der Waals surface area contributed by atoms with Crippen molar-refractivity contribution in [2.24, 2.45) is 0 Å². The molecule has 0 radical (unpaired) electrons. The number of rotatable bonds is 5. The van der Waals surface area contributed by atoms with Gasteiger partial charge in [0.15, 0.2) is 5.11 Å². The molecule has 0 saturated heterocycles. The van der Waals surface area contributed by atoms with Gasteiger partial charge in [-0.15, -0.1) is 0 Å². The van der Waals surface area contributed by atoms with Crippen LogP contribution in [0.15, 0.2) is 24.3 Å². The largest absolute Gasteiger partial charge is 0.383 e. The van der Waals surface area contributed by atoms with Crippen LogP contribution in [0.3, 0.4) is 0 Å². The normalized spacial score (nSPS) is 11.9. The molecule has 1 rings (SSSR count). The Balaban J connectivity index is 2.40. The fourth-order valence-corrected chi connectivity index (χ4v) is 1.63. The maximum Gasteiger partial charge on any atom is 0.166 e. The van der Waals surface area contributed by atoms with Crippen LogP contribution in [0, 0.1) is 5.82 Å². The van der Waals surface area contributed by atoms with Crippen LogP contribution in [0.5, 0.6) is 0 Å². The van der Waals surface area contributed by atoms with Crippen molar-refractivity contribution in [1.29, 1.82) is 0 Å². The first-order chi connectivity index (χ1) is 8.13. The number of nitrogens with one attached hydrogen (secondary N) is 2. The fourth-order valence-electron chi connectivity index (χ4n) is 1.35. The van der Waals surface area contributed by atoms with Gasteiger partial charge in [-0.3, -0.25) is 0 Å². The summed E-state index contributed by atoms with van der Waals surface area (Å²) < 4.78 is 17.6. The lowest BCUT2D eigenvalue weighted by Gasteiger charge is -2.17. The molecule has 0 heterocycles. The van der Waals surface area contributed by atoms with Crippen LogP contribution in [0.25, 0.3) is 0 Å². The number of hydrogen-bond acceptors (Lipinski definition) is 2. The van der Waals surface area contributed by atoms with Crippen molar-refractivity contribution in [2.75, 3.05) is 20.3 Å². The van der Waals surface area contributed by atoms with E-state index >= 15 is 0 Å². The van der Waals surface area contributed by atoms with Gasteiger partial charge in [0.1, 0.15) is 5.82 Å². The third-order valence-electron chi connectivity index (χ3n) is 2.31. The summed E-state index contributed by atoms with van der Waals surface area (Å²) in [7, 11) is 1.64. The molecule has 3 nitrogen and oxygen atoms in total. The van der Waals surface area contributed by atoms with E-state index in [-0.39, 0.29) is 11.9 Å². The van der Waals surface area contributed by atoms with E-state index in [1.807, 2.05) is 6.92 Å². The zero-order chi connectivity index (χ0) is 12.7. The van der Waals surface area contributed by atoms with Crippen LogP contribution < -0.4 is 10.6 Å². The quantitative estimate of drug-likeness (QED) is 0.623. The van der Waals surface area contributed by atoms with Crippen molar-refractivity contribution >= 4 is 17.3 Å². The smallest absolute Gasteiger partial charge is 0.166 e. The number of methoxy groups -OCH3 is 1. The Labute approximate surface area is 106 Å². The lowest BCUT2D eigenvalue weighted by Crippen LogP contribution is -2.38. The topological polar surface area (TPSA) is 33.3 Å². The van der Waals surface area contributed by atoms with Crippen LogP contribution in [-0.2, 0) is 4.74 Å². The number of benzene rings is 1. The average molecular weight is 256 g/mol. The van der Waals surface area contributed by atoms with E-state index < -0.39 is 0 Å². The summed E-state index contributed by atoms with van der Waals surface area (Å²) in [5.74, 6) is -0.234. The Kier molecular flexibility index (Phi) is 5.86. The summed E-state index contributed by atoms with van der Waals surface area (Å²) in [5, 5.41) is 6.70. The average Bonchev–Trinajstić information content (AvgIpc) is 2.30. The van der Waals surface area contributed by atoms with Crippen molar-refractivity contribution in [3.05, 3.63) is 35.6 Å². The van der Waals surface area contributed by atoms with Gasteiger partial charge in [-0.25, -0.2) is 4.39 Å². The molecular formula is C12H17FN2OS. The van der Waals surface area contributed by atoms with Crippen LogP contribution in [0.1, 0.15) is 18.5 Å². The Hall–Kier alpha value is -1.20. The van der Waals surface area contributed by atoms with Gasteiger partial charge in [0.2, 0.25) is 0 Å². The summed E-state index contributed by atoms with van der Waals surface area (Å²) in [6, 6.07) is 6.40. The van der Waals surface area contributed by atoms with Gasteiger partial charge in [0, 0.05) is 13.7 Å². The van der Waals surface area contributed by atoms with Crippen molar-refractivity contribution in [1.82, 2.24) is 10.6 Å². The molecule has 2 N–H and O–H groups in total. The molecule has 0 amide bonds. The second-order valence-corrected chi connectivity index (χ2v) is 4.07. The van der Waals surface area contributed by atoms with Gasteiger partial charge < -0.3 is 15.4 Å². The number of ether oxygens (including phenoxy) is 1. The van der Waals surface area contributed by atoms with Gasteiger partial charge in [-0.05, 0) is 36.8 Å². The Morgan fingerprint density at radius 3 is 2.65 bits per heavy atom. The van der Waals surface area contributed by atoms with Crippen molar-refractivity contribution in [3.8, 4) is 0 Å². The highest BCUT2D eigenvalue weighted by Crippen LogP contribution is 2.12. The molecule has 1 aromatic carbocycles. The van der Waals surface area contributed by atoms with E-state index in [4.69, 9.17) is 17.0 Å². The molecular weight excluding hydrogens is 239 g/mol. The van der Waals surface area contributed by atoms with Crippen molar-refractivity contribution < 1.29 is 9.13 Å². The number of halogens is 1. The van der Waals surface area contributed by atoms with Crippen molar-refractivity contribution in [2.45, 2.75) is 13.0 Å². The summed E-state index contributed by atoms with van der Waals surface area (Å²) in [4.78, 5) is 0. The molecule has 0 unspecified atom stereocenters. The predicted octanol–water partition coefficient (Wildman–Crippen LogP) is 2.00. The van der Waals surface area contributed by atoms with Crippen LogP contribution in [0.4, 0.5) is 4.39 Å². The first-order valence-electron chi connectivity index (χ1n) is 5.42. The third-order valence-corrected chi connectivity index (χ3v) is 2.57. The van der Waals surface area contributed by atoms with E-state index in [1.54, 1.807) is 19.2 Å². The van der Waals surface area contributed by atoms with Gasteiger partial charge in [-0.1, -0.05) is 12.1 Å². The molecule has 0 aliphatic carbocycles. The molecule has 5 heteroatoms. The van der Waals surface area contributed by atoms with E-state index in [2.05, 4.69) is 10.6 Å². The minimum absolute atomic E-state index is 0.0399. The molecule has 1 aromatic rings. The van der Waals surface area contributed by atoms with E-state index in [1.165, 1.54) is 12.1 Å². The first-order valence-corrected chi connectivity index (χ1v) is 5.83. The third kappa shape index (κ3) is 5.10. The molecule has 0 fully saturated rings. The Morgan fingerprint density at radius 1 is 1.41 bits per heavy atom. The minimum Gasteiger partial charge on any atom is -0.383 e. The molecule has 0 saturated carbocycles. The fraction of sp³-hybridized carbons (Fsp3) is 0.417. The minimum atomic E-state index is -0.234. The molecule has 0 aliphatic heterocycles. The molecule has 1 atom stereocenters. The summed E-state index contributed by atoms with van der Waals surface area (Å²) in [6.07, 6.45) is 0. The van der Waals surface area contributed by atoms with Gasteiger partial charge in [0.25, 0.3) is 0 Å².